The molecule has 0 fully saturated rings. The first-order chi connectivity index (χ1) is 15.8. The molecule has 0 saturated heterocycles. The maximum atomic E-state index is 12.8. The highest BCUT2D eigenvalue weighted by Crippen LogP contribution is 2.28. The van der Waals surface area contributed by atoms with Crippen molar-refractivity contribution in [1.82, 2.24) is 9.97 Å². The average molecular weight is 472 g/mol. The molecule has 0 spiro atoms. The standard InChI is InChI=1S/C21H20N4O7S/c1-30-19-18(22-11-12-23-19)24-33(28,29)15-9-7-14(8-10-15)25-13-5-4-6-16(20(26)31-2)17(25)21(27)32-3/h4-13H,1-3H3,(H,22,24). The zero-order valence-corrected chi connectivity index (χ0v) is 18.7. The van der Waals surface area contributed by atoms with Crippen molar-refractivity contribution in [3.8, 4) is 5.88 Å². The molecule has 1 N–H and O–H groups in total. The fourth-order valence-electron chi connectivity index (χ4n) is 2.88. The SMILES string of the molecule is COC(=O)C1=C(C(=O)OC)N(c2ccc(S(=O)(=O)Nc3nccnc3OC)cc2)C=CC=C1. The number of sulfonamides is 1. The van der Waals surface area contributed by atoms with Gasteiger partial charge in [-0.2, -0.15) is 0 Å². The minimum Gasteiger partial charge on any atom is -0.478 e. The summed E-state index contributed by atoms with van der Waals surface area (Å²) in [5.74, 6) is -1.56. The van der Waals surface area contributed by atoms with Crippen molar-refractivity contribution in [3.05, 3.63) is 72.4 Å². The van der Waals surface area contributed by atoms with Crippen LogP contribution in [-0.2, 0) is 29.1 Å². The molecule has 12 heteroatoms. The van der Waals surface area contributed by atoms with Gasteiger partial charge in [0.1, 0.15) is 5.70 Å². The van der Waals surface area contributed by atoms with Gasteiger partial charge in [-0.1, -0.05) is 6.08 Å². The summed E-state index contributed by atoms with van der Waals surface area (Å²) in [6, 6.07) is 5.60. The lowest BCUT2D eigenvalue weighted by Crippen LogP contribution is -2.27. The topological polar surface area (TPSA) is 137 Å². The molecule has 0 aliphatic carbocycles. The van der Waals surface area contributed by atoms with E-state index in [0.29, 0.717) is 5.69 Å². The zero-order valence-electron chi connectivity index (χ0n) is 17.9. The molecule has 0 saturated carbocycles. The van der Waals surface area contributed by atoms with Crippen LogP contribution < -0.4 is 14.4 Å². The third-order valence-electron chi connectivity index (χ3n) is 4.40. The Balaban J connectivity index is 1.98. The second-order valence-electron chi connectivity index (χ2n) is 6.33. The van der Waals surface area contributed by atoms with Gasteiger partial charge in [0.2, 0.25) is 5.82 Å². The molecular formula is C21H20N4O7S. The number of anilines is 2. The Labute approximate surface area is 190 Å². The second-order valence-corrected chi connectivity index (χ2v) is 8.01. The summed E-state index contributed by atoms with van der Waals surface area (Å²) < 4.78 is 42.5. The van der Waals surface area contributed by atoms with Gasteiger partial charge < -0.3 is 19.1 Å². The number of allylic oxidation sites excluding steroid dienone is 2. The molecule has 33 heavy (non-hydrogen) atoms. The smallest absolute Gasteiger partial charge is 0.355 e. The summed E-state index contributed by atoms with van der Waals surface area (Å²) in [5, 5.41) is 0. The Morgan fingerprint density at radius 3 is 2.24 bits per heavy atom. The molecule has 0 unspecified atom stereocenters. The summed E-state index contributed by atoms with van der Waals surface area (Å²) in [6.45, 7) is 0. The van der Waals surface area contributed by atoms with Crippen molar-refractivity contribution in [3.63, 3.8) is 0 Å². The van der Waals surface area contributed by atoms with E-state index in [1.165, 1.54) is 75.2 Å². The Kier molecular flexibility index (Phi) is 7.08. The molecule has 0 atom stereocenters. The first kappa shape index (κ1) is 23.5. The van der Waals surface area contributed by atoms with Crippen LogP contribution in [0.5, 0.6) is 5.88 Å². The quantitative estimate of drug-likeness (QED) is 0.594. The van der Waals surface area contributed by atoms with Crippen LogP contribution >= 0.6 is 0 Å². The number of carbonyl (C=O) groups excluding carboxylic acids is 2. The molecule has 1 aliphatic rings. The van der Waals surface area contributed by atoms with Gasteiger partial charge in [-0.15, -0.1) is 0 Å². The van der Waals surface area contributed by atoms with E-state index in [1.54, 1.807) is 12.2 Å². The van der Waals surface area contributed by atoms with E-state index in [9.17, 15) is 18.0 Å². The monoisotopic (exact) mass is 472 g/mol. The fraction of sp³-hybridized carbons (Fsp3) is 0.143. The minimum atomic E-state index is -4.02. The fourth-order valence-corrected chi connectivity index (χ4v) is 3.89. The van der Waals surface area contributed by atoms with E-state index in [4.69, 9.17) is 14.2 Å². The summed E-state index contributed by atoms with van der Waals surface area (Å²) in [6.07, 6.45) is 8.81. The van der Waals surface area contributed by atoms with E-state index in [2.05, 4.69) is 14.7 Å². The van der Waals surface area contributed by atoms with Crippen LogP contribution in [0, 0.1) is 0 Å². The Bertz CT molecular complexity index is 1250. The molecule has 11 nitrogen and oxygen atoms in total. The lowest BCUT2D eigenvalue weighted by Gasteiger charge is -2.23. The summed E-state index contributed by atoms with van der Waals surface area (Å²) >= 11 is 0. The first-order valence-electron chi connectivity index (χ1n) is 9.35. The molecule has 2 heterocycles. The normalized spacial score (nSPS) is 13.4. The highest BCUT2D eigenvalue weighted by molar-refractivity contribution is 7.92. The molecule has 0 amide bonds. The lowest BCUT2D eigenvalue weighted by atomic mass is 10.1. The van der Waals surface area contributed by atoms with E-state index in [0.717, 1.165) is 0 Å². The molecule has 3 rings (SSSR count). The molecule has 0 bridgehead atoms. The molecule has 172 valence electrons. The number of ether oxygens (including phenoxy) is 3. The number of nitrogens with one attached hydrogen (secondary N) is 1. The van der Waals surface area contributed by atoms with E-state index < -0.39 is 22.0 Å². The van der Waals surface area contributed by atoms with Gasteiger partial charge in [-0.3, -0.25) is 4.72 Å². The minimum absolute atomic E-state index is 0.0168. The number of hydrogen-bond acceptors (Lipinski definition) is 10. The number of nitrogens with zero attached hydrogens (tertiary/aromatic N) is 3. The van der Waals surface area contributed by atoms with Gasteiger partial charge in [-0.05, 0) is 36.4 Å². The molecular weight excluding hydrogens is 452 g/mol. The third-order valence-corrected chi connectivity index (χ3v) is 5.76. The number of esters is 2. The van der Waals surface area contributed by atoms with Crippen LogP contribution in [0.2, 0.25) is 0 Å². The van der Waals surface area contributed by atoms with E-state index >= 15 is 0 Å². The summed E-state index contributed by atoms with van der Waals surface area (Å²) in [7, 11) is -0.303. The molecule has 2 aromatic rings. The predicted octanol–water partition coefficient (Wildman–Crippen LogP) is 1.78. The van der Waals surface area contributed by atoms with Crippen molar-refractivity contribution in [2.75, 3.05) is 31.0 Å². The Morgan fingerprint density at radius 2 is 1.61 bits per heavy atom. The Morgan fingerprint density at radius 1 is 0.939 bits per heavy atom. The number of carbonyl (C=O) groups is 2. The number of rotatable bonds is 7. The third kappa shape index (κ3) is 5.01. The van der Waals surface area contributed by atoms with Crippen molar-refractivity contribution in [2.24, 2.45) is 0 Å². The van der Waals surface area contributed by atoms with Crippen molar-refractivity contribution >= 4 is 33.5 Å². The average Bonchev–Trinajstić information content (AvgIpc) is 3.06. The van der Waals surface area contributed by atoms with Gasteiger partial charge in [0.15, 0.2) is 0 Å². The molecule has 1 aromatic heterocycles. The van der Waals surface area contributed by atoms with Crippen molar-refractivity contribution in [1.29, 1.82) is 0 Å². The maximum absolute atomic E-state index is 12.8. The number of hydrogen-bond donors (Lipinski definition) is 1. The molecule has 1 aliphatic heterocycles. The van der Waals surface area contributed by atoms with Crippen LogP contribution in [0.4, 0.5) is 11.5 Å². The van der Waals surface area contributed by atoms with Crippen LogP contribution in [0.3, 0.4) is 0 Å². The number of methoxy groups -OCH3 is 3. The van der Waals surface area contributed by atoms with Crippen LogP contribution in [0.25, 0.3) is 0 Å². The maximum Gasteiger partial charge on any atom is 0.355 e. The van der Waals surface area contributed by atoms with Crippen LogP contribution in [0.1, 0.15) is 0 Å². The van der Waals surface area contributed by atoms with E-state index in [1.807, 2.05) is 0 Å². The lowest BCUT2D eigenvalue weighted by molar-refractivity contribution is -0.139. The number of aromatic nitrogens is 2. The van der Waals surface area contributed by atoms with Gasteiger partial charge >= 0.3 is 11.9 Å². The highest BCUT2D eigenvalue weighted by atomic mass is 32.2. The first-order valence-corrected chi connectivity index (χ1v) is 10.8. The summed E-state index contributed by atoms with van der Waals surface area (Å²) in [4.78, 5) is 33.9. The van der Waals surface area contributed by atoms with Gasteiger partial charge in [0, 0.05) is 24.3 Å². The molecule has 0 radical (unpaired) electrons. The van der Waals surface area contributed by atoms with Crippen LogP contribution in [0.15, 0.2) is 77.3 Å². The molecule has 1 aromatic carbocycles. The largest absolute Gasteiger partial charge is 0.478 e. The second kappa shape index (κ2) is 9.96. The van der Waals surface area contributed by atoms with Crippen molar-refractivity contribution in [2.45, 2.75) is 4.90 Å². The zero-order chi connectivity index (χ0) is 24.0. The van der Waals surface area contributed by atoms with Gasteiger partial charge in [0.25, 0.3) is 15.9 Å². The van der Waals surface area contributed by atoms with E-state index in [-0.39, 0.29) is 27.9 Å². The number of benzene rings is 1. The predicted molar refractivity (Wildman–Crippen MR) is 118 cm³/mol. The van der Waals surface area contributed by atoms with Crippen molar-refractivity contribution < 1.29 is 32.2 Å². The van der Waals surface area contributed by atoms with Gasteiger partial charge in [0.05, 0.1) is 31.8 Å². The summed E-state index contributed by atoms with van der Waals surface area (Å²) in [5.41, 5.74) is 0.280. The van der Waals surface area contributed by atoms with Gasteiger partial charge in [-0.25, -0.2) is 28.0 Å². The van der Waals surface area contributed by atoms with Crippen LogP contribution in [-0.4, -0.2) is 51.7 Å². The highest BCUT2D eigenvalue weighted by Gasteiger charge is 2.28. The Hall–Kier alpha value is -4.19.